The van der Waals surface area contributed by atoms with E-state index < -0.39 is 23.4 Å². The van der Waals surface area contributed by atoms with Gasteiger partial charge in [-0.1, -0.05) is 49.9 Å². The minimum Gasteiger partial charge on any atom is -0.484 e. The van der Waals surface area contributed by atoms with Gasteiger partial charge in [0.05, 0.1) is 17.2 Å². The summed E-state index contributed by atoms with van der Waals surface area (Å²) in [5.74, 6) is -0.932. The Balaban J connectivity index is 1.30. The van der Waals surface area contributed by atoms with Gasteiger partial charge in [-0.3, -0.25) is 14.5 Å². The average molecular weight is 592 g/mol. The van der Waals surface area contributed by atoms with Gasteiger partial charge in [-0.15, -0.1) is 0 Å². The second kappa shape index (κ2) is 14.4. The molecule has 3 unspecified atom stereocenters. The molecule has 2 aromatic carbocycles. The normalized spacial score (nSPS) is 21.6. The maximum absolute atomic E-state index is 13.6. The third-order valence-corrected chi connectivity index (χ3v) is 8.66. The summed E-state index contributed by atoms with van der Waals surface area (Å²) in [6.07, 6.45) is 5.55. The molecular formula is C31H40ClF2N3O4. The number of hydrogen-bond acceptors (Lipinski definition) is 5. The van der Waals surface area contributed by atoms with Crippen molar-refractivity contribution in [2.75, 3.05) is 26.2 Å². The lowest BCUT2D eigenvalue weighted by molar-refractivity contribution is -0.131. The molecule has 3 N–H and O–H groups in total. The molecule has 224 valence electrons. The number of carbonyl (C=O) groups excluding carboxylic acids is 2. The van der Waals surface area contributed by atoms with Gasteiger partial charge < -0.3 is 20.5 Å². The zero-order valence-corrected chi connectivity index (χ0v) is 24.3. The van der Waals surface area contributed by atoms with Gasteiger partial charge in [-0.2, -0.15) is 0 Å². The highest BCUT2D eigenvalue weighted by Crippen LogP contribution is 2.34. The number of aliphatic hydroxyl groups is 1. The summed E-state index contributed by atoms with van der Waals surface area (Å²) in [5.41, 5.74) is 0.549. The first-order chi connectivity index (χ1) is 19.7. The van der Waals surface area contributed by atoms with E-state index in [-0.39, 0.29) is 47.6 Å². The van der Waals surface area contributed by atoms with E-state index in [1.54, 1.807) is 0 Å². The van der Waals surface area contributed by atoms with Crippen molar-refractivity contribution in [1.82, 2.24) is 15.5 Å². The predicted molar refractivity (Wildman–Crippen MR) is 154 cm³/mol. The maximum Gasteiger partial charge on any atom is 0.258 e. The summed E-state index contributed by atoms with van der Waals surface area (Å²) in [6, 6.07) is 10.3. The van der Waals surface area contributed by atoms with Crippen LogP contribution in [0.5, 0.6) is 5.75 Å². The van der Waals surface area contributed by atoms with E-state index in [2.05, 4.69) is 15.5 Å². The zero-order valence-electron chi connectivity index (χ0n) is 23.5. The number of nitrogens with zero attached hydrogens (tertiary/aromatic N) is 1. The van der Waals surface area contributed by atoms with Gasteiger partial charge >= 0.3 is 0 Å². The lowest BCUT2D eigenvalue weighted by atomic mass is 9.77. The number of hydrogen-bond donors (Lipinski definition) is 3. The number of benzene rings is 2. The molecule has 0 spiro atoms. The molecule has 2 aromatic rings. The topological polar surface area (TPSA) is 90.9 Å². The zero-order chi connectivity index (χ0) is 29.4. The second-order valence-electron chi connectivity index (χ2n) is 11.3. The van der Waals surface area contributed by atoms with Crippen LogP contribution < -0.4 is 15.4 Å². The van der Waals surface area contributed by atoms with Crippen LogP contribution in [0.15, 0.2) is 42.5 Å². The molecule has 0 radical (unpaired) electrons. The van der Waals surface area contributed by atoms with E-state index in [1.165, 1.54) is 24.3 Å². The summed E-state index contributed by atoms with van der Waals surface area (Å²) in [5, 5.41) is 16.8. The van der Waals surface area contributed by atoms with Crippen molar-refractivity contribution in [1.29, 1.82) is 0 Å². The minimum absolute atomic E-state index is 0.0126. The minimum atomic E-state index is -0.859. The Labute approximate surface area is 245 Å². The molecule has 7 nitrogen and oxygen atoms in total. The van der Waals surface area contributed by atoms with Gasteiger partial charge in [0.15, 0.2) is 6.61 Å². The Morgan fingerprint density at radius 2 is 1.85 bits per heavy atom. The molecule has 3 atom stereocenters. The fourth-order valence-corrected chi connectivity index (χ4v) is 6.29. The van der Waals surface area contributed by atoms with Crippen molar-refractivity contribution in [3.8, 4) is 5.75 Å². The molecule has 2 aliphatic rings. The molecule has 0 bridgehead atoms. The predicted octanol–water partition coefficient (Wildman–Crippen LogP) is 4.95. The smallest absolute Gasteiger partial charge is 0.258 e. The van der Waals surface area contributed by atoms with Gasteiger partial charge in [-0.25, -0.2) is 8.78 Å². The van der Waals surface area contributed by atoms with E-state index in [9.17, 15) is 23.5 Å². The van der Waals surface area contributed by atoms with Crippen molar-refractivity contribution in [3.63, 3.8) is 0 Å². The number of halogens is 3. The van der Waals surface area contributed by atoms with Gasteiger partial charge in [0, 0.05) is 24.7 Å². The van der Waals surface area contributed by atoms with Gasteiger partial charge in [0.2, 0.25) is 5.91 Å². The molecule has 1 aliphatic heterocycles. The highest BCUT2D eigenvalue weighted by atomic mass is 35.5. The standard InChI is InChI=1S/C31H40ClF2N3O4/c1-2-37-19-22(21-6-9-23(33)10-7-21)8-13-28(37)30(40)36-31(14-4-3-5-15-31)17-24(38)18-35-29(39)20-41-25-11-12-26(32)27(34)16-25/h6-7,9-12,16,22,24,28,38H,2-5,8,13-15,17-20H2,1H3,(H,35,39)(H,36,40). The van der Waals surface area contributed by atoms with E-state index in [0.717, 1.165) is 63.2 Å². The molecule has 1 saturated carbocycles. The first-order valence-corrected chi connectivity index (χ1v) is 14.9. The summed E-state index contributed by atoms with van der Waals surface area (Å²) in [4.78, 5) is 28.1. The number of likely N-dealkylation sites (tertiary alicyclic amines) is 1. The SMILES string of the molecule is CCN1CC(c2ccc(F)cc2)CCC1C(=O)NC1(CC(O)CNC(=O)COc2ccc(Cl)c(F)c2)CCCCC1. The number of rotatable bonds is 11. The van der Waals surface area contributed by atoms with Crippen LogP contribution in [-0.2, 0) is 9.59 Å². The summed E-state index contributed by atoms with van der Waals surface area (Å²) in [7, 11) is 0. The van der Waals surface area contributed by atoms with Crippen LogP contribution in [0.25, 0.3) is 0 Å². The van der Waals surface area contributed by atoms with Crippen molar-refractivity contribution in [3.05, 3.63) is 64.7 Å². The molecular weight excluding hydrogens is 552 g/mol. The third kappa shape index (κ3) is 8.63. The molecule has 1 heterocycles. The Hall–Kier alpha value is -2.75. The quantitative estimate of drug-likeness (QED) is 0.344. The first-order valence-electron chi connectivity index (χ1n) is 14.5. The highest BCUT2D eigenvalue weighted by molar-refractivity contribution is 6.30. The Bertz CT molecular complexity index is 1180. The van der Waals surface area contributed by atoms with Crippen LogP contribution in [0.3, 0.4) is 0 Å². The summed E-state index contributed by atoms with van der Waals surface area (Å²) in [6.45, 7) is 3.18. The molecule has 2 amide bonds. The lowest BCUT2D eigenvalue weighted by Crippen LogP contribution is -2.59. The number of aliphatic hydroxyl groups excluding tert-OH is 1. The lowest BCUT2D eigenvalue weighted by Gasteiger charge is -2.43. The number of ether oxygens (including phenoxy) is 1. The van der Waals surface area contributed by atoms with Crippen molar-refractivity contribution < 1.29 is 28.2 Å². The second-order valence-corrected chi connectivity index (χ2v) is 11.7. The van der Waals surface area contributed by atoms with Gasteiger partial charge in [0.25, 0.3) is 5.91 Å². The summed E-state index contributed by atoms with van der Waals surface area (Å²) >= 11 is 5.67. The number of amides is 2. The Morgan fingerprint density at radius 1 is 1.12 bits per heavy atom. The van der Waals surface area contributed by atoms with E-state index in [0.29, 0.717) is 12.8 Å². The average Bonchev–Trinajstić information content (AvgIpc) is 2.97. The van der Waals surface area contributed by atoms with Crippen LogP contribution in [0.4, 0.5) is 8.78 Å². The van der Waals surface area contributed by atoms with Crippen LogP contribution in [0, 0.1) is 11.6 Å². The number of carbonyl (C=O) groups is 2. The number of nitrogens with one attached hydrogen (secondary N) is 2. The van der Waals surface area contributed by atoms with Crippen LogP contribution >= 0.6 is 11.6 Å². The van der Waals surface area contributed by atoms with Crippen molar-refractivity contribution in [2.45, 2.75) is 81.9 Å². The van der Waals surface area contributed by atoms with Crippen LogP contribution in [0.2, 0.25) is 5.02 Å². The Kier molecular flexibility index (Phi) is 11.0. The van der Waals surface area contributed by atoms with Crippen molar-refractivity contribution in [2.24, 2.45) is 0 Å². The summed E-state index contributed by atoms with van der Waals surface area (Å²) < 4.78 is 32.3. The fourth-order valence-electron chi connectivity index (χ4n) is 6.17. The molecule has 41 heavy (non-hydrogen) atoms. The fraction of sp³-hybridized carbons (Fsp3) is 0.548. The van der Waals surface area contributed by atoms with Crippen LogP contribution in [-0.4, -0.2) is 65.7 Å². The van der Waals surface area contributed by atoms with E-state index >= 15 is 0 Å². The maximum atomic E-state index is 13.6. The molecule has 1 aliphatic carbocycles. The number of piperidine rings is 1. The van der Waals surface area contributed by atoms with Crippen LogP contribution in [0.1, 0.15) is 69.8 Å². The van der Waals surface area contributed by atoms with Gasteiger partial charge in [-0.05, 0) is 74.4 Å². The molecule has 2 fully saturated rings. The van der Waals surface area contributed by atoms with E-state index in [1.807, 2.05) is 19.1 Å². The highest BCUT2D eigenvalue weighted by Gasteiger charge is 2.40. The van der Waals surface area contributed by atoms with Crippen molar-refractivity contribution >= 4 is 23.4 Å². The molecule has 1 saturated heterocycles. The largest absolute Gasteiger partial charge is 0.484 e. The molecule has 0 aromatic heterocycles. The first kappa shape index (κ1) is 31.2. The Morgan fingerprint density at radius 3 is 2.54 bits per heavy atom. The monoisotopic (exact) mass is 591 g/mol. The number of likely N-dealkylation sites (N-methyl/N-ethyl adjacent to an activating group) is 1. The van der Waals surface area contributed by atoms with E-state index in [4.69, 9.17) is 16.3 Å². The van der Waals surface area contributed by atoms with Gasteiger partial charge in [0.1, 0.15) is 17.4 Å². The molecule has 10 heteroatoms. The third-order valence-electron chi connectivity index (χ3n) is 8.36. The molecule has 4 rings (SSSR count).